The molecule has 1 aliphatic heterocycles. The van der Waals surface area contributed by atoms with Crippen LogP contribution in [0, 0.1) is 0 Å². The highest BCUT2D eigenvalue weighted by molar-refractivity contribution is 5.80. The van der Waals surface area contributed by atoms with Gasteiger partial charge in [0, 0.05) is 44.0 Å². The van der Waals surface area contributed by atoms with Crippen LogP contribution in [0.25, 0.3) is 0 Å². The van der Waals surface area contributed by atoms with Crippen LogP contribution < -0.4 is 19.5 Å². The Bertz CT molecular complexity index is 883. The number of methoxy groups -OCH3 is 3. The minimum atomic E-state index is -0.0164. The Morgan fingerprint density at radius 3 is 2.68 bits per heavy atom. The molecule has 0 spiro atoms. The summed E-state index contributed by atoms with van der Waals surface area (Å²) in [5.41, 5.74) is 2.10. The number of hydrogen-bond donors (Lipinski definition) is 1. The Balaban J connectivity index is 1.71. The molecule has 170 valence electrons. The highest BCUT2D eigenvalue weighted by atomic mass is 16.5. The lowest BCUT2D eigenvalue weighted by Gasteiger charge is -2.34. The molecule has 1 aromatic heterocycles. The predicted molar refractivity (Wildman–Crippen MR) is 119 cm³/mol. The molecular weight excluding hydrogens is 398 g/mol. The van der Waals surface area contributed by atoms with E-state index >= 15 is 0 Å². The topological polar surface area (TPSA) is 82.4 Å². The quantitative estimate of drug-likeness (QED) is 0.506. The van der Waals surface area contributed by atoms with Crippen molar-refractivity contribution < 1.29 is 18.9 Å². The summed E-state index contributed by atoms with van der Waals surface area (Å²) >= 11 is 0. The van der Waals surface area contributed by atoms with E-state index in [0.717, 1.165) is 43.1 Å². The summed E-state index contributed by atoms with van der Waals surface area (Å²) in [5.74, 6) is 2.82. The molecular formula is C22H33N5O4. The molecule has 0 amide bonds. The summed E-state index contributed by atoms with van der Waals surface area (Å²) in [7, 11) is 6.78. The minimum absolute atomic E-state index is 0.0164. The Kier molecular flexibility index (Phi) is 8.00. The van der Waals surface area contributed by atoms with E-state index < -0.39 is 0 Å². The second-order valence-electron chi connectivity index (χ2n) is 7.23. The van der Waals surface area contributed by atoms with Crippen LogP contribution in [0.4, 0.5) is 0 Å². The second kappa shape index (κ2) is 10.9. The van der Waals surface area contributed by atoms with Gasteiger partial charge < -0.3 is 29.2 Å². The first-order chi connectivity index (χ1) is 15.1. The van der Waals surface area contributed by atoms with Gasteiger partial charge in [0.2, 0.25) is 5.75 Å². The maximum absolute atomic E-state index is 5.97. The summed E-state index contributed by atoms with van der Waals surface area (Å²) < 4.78 is 24.2. The monoisotopic (exact) mass is 431 g/mol. The van der Waals surface area contributed by atoms with E-state index in [2.05, 4.69) is 22.2 Å². The Labute approximate surface area is 183 Å². The molecule has 9 nitrogen and oxygen atoms in total. The third-order valence-corrected chi connectivity index (χ3v) is 5.23. The molecule has 1 atom stereocenters. The van der Waals surface area contributed by atoms with Crippen LogP contribution in [0.2, 0.25) is 0 Å². The van der Waals surface area contributed by atoms with Crippen LogP contribution >= 0.6 is 0 Å². The number of benzene rings is 1. The molecule has 1 N–H and O–H groups in total. The molecule has 0 saturated carbocycles. The fraction of sp³-hybridized carbons (Fsp3) is 0.545. The van der Waals surface area contributed by atoms with Gasteiger partial charge in [0.15, 0.2) is 17.5 Å². The van der Waals surface area contributed by atoms with Crippen molar-refractivity contribution in [2.75, 3.05) is 54.1 Å². The maximum Gasteiger partial charge on any atom is 0.203 e. The molecule has 9 heteroatoms. The summed E-state index contributed by atoms with van der Waals surface area (Å²) in [6.07, 6.45) is 4.56. The normalized spacial score (nSPS) is 16.9. The van der Waals surface area contributed by atoms with Crippen molar-refractivity contribution >= 4 is 5.96 Å². The number of aromatic nitrogens is 2. The largest absolute Gasteiger partial charge is 0.493 e. The maximum atomic E-state index is 5.97. The molecule has 1 aliphatic rings. The molecule has 1 unspecified atom stereocenters. The Morgan fingerprint density at radius 2 is 2.03 bits per heavy atom. The van der Waals surface area contributed by atoms with E-state index in [1.807, 2.05) is 31.6 Å². The number of ether oxygens (including phenoxy) is 4. The number of aryl methyl sites for hydroxylation is 1. The van der Waals surface area contributed by atoms with E-state index in [4.69, 9.17) is 23.9 Å². The number of nitrogens with one attached hydrogen (secondary N) is 1. The fourth-order valence-electron chi connectivity index (χ4n) is 3.72. The van der Waals surface area contributed by atoms with Gasteiger partial charge in [0.1, 0.15) is 6.10 Å². The van der Waals surface area contributed by atoms with Gasteiger partial charge in [0.25, 0.3) is 0 Å². The fourth-order valence-corrected chi connectivity index (χ4v) is 3.72. The molecule has 1 saturated heterocycles. The van der Waals surface area contributed by atoms with Crippen molar-refractivity contribution in [3.05, 3.63) is 35.7 Å². The lowest BCUT2D eigenvalue weighted by Crippen LogP contribution is -2.48. The number of aliphatic imine (C=N–C) groups is 1. The molecule has 0 radical (unpaired) electrons. The highest BCUT2D eigenvalue weighted by Crippen LogP contribution is 2.39. The lowest BCUT2D eigenvalue weighted by atomic mass is 10.1. The summed E-state index contributed by atoms with van der Waals surface area (Å²) in [5, 5.41) is 7.67. The minimum Gasteiger partial charge on any atom is -0.493 e. The van der Waals surface area contributed by atoms with Crippen molar-refractivity contribution in [1.29, 1.82) is 0 Å². The van der Waals surface area contributed by atoms with Gasteiger partial charge in [-0.05, 0) is 19.4 Å². The third kappa shape index (κ3) is 5.41. The van der Waals surface area contributed by atoms with E-state index in [0.29, 0.717) is 30.4 Å². The van der Waals surface area contributed by atoms with Crippen LogP contribution in [-0.4, -0.2) is 74.8 Å². The first kappa shape index (κ1) is 22.7. The average molecular weight is 432 g/mol. The van der Waals surface area contributed by atoms with Gasteiger partial charge >= 0.3 is 0 Å². The van der Waals surface area contributed by atoms with Crippen LogP contribution in [0.3, 0.4) is 0 Å². The molecule has 31 heavy (non-hydrogen) atoms. The standard InChI is InChI=1S/C22H33N5O4/c1-6-23-22(27-11-12-31-19(15-27)17-13-25-26(2)14-17)24-10-9-16-7-8-18(28-3)21(30-5)20(16)29-4/h7-8,13-14,19H,6,9-12,15H2,1-5H3,(H,23,24). The molecule has 2 heterocycles. The Hall–Kier alpha value is -2.94. The average Bonchev–Trinajstić information content (AvgIpc) is 3.24. The van der Waals surface area contributed by atoms with Crippen LogP contribution in [0.5, 0.6) is 17.2 Å². The zero-order valence-electron chi connectivity index (χ0n) is 19.1. The first-order valence-corrected chi connectivity index (χ1v) is 10.5. The summed E-state index contributed by atoms with van der Waals surface area (Å²) in [4.78, 5) is 7.11. The molecule has 3 rings (SSSR count). The zero-order valence-corrected chi connectivity index (χ0v) is 19.1. The van der Waals surface area contributed by atoms with Gasteiger partial charge in [0.05, 0.1) is 40.7 Å². The number of morpholine rings is 1. The van der Waals surface area contributed by atoms with Gasteiger partial charge in [-0.3, -0.25) is 9.67 Å². The van der Waals surface area contributed by atoms with Crippen molar-refractivity contribution in [3.63, 3.8) is 0 Å². The van der Waals surface area contributed by atoms with E-state index in [1.54, 1.807) is 26.0 Å². The van der Waals surface area contributed by atoms with Crippen molar-refractivity contribution in [3.8, 4) is 17.2 Å². The third-order valence-electron chi connectivity index (χ3n) is 5.23. The molecule has 1 aromatic carbocycles. The van der Waals surface area contributed by atoms with Gasteiger partial charge in [-0.15, -0.1) is 0 Å². The smallest absolute Gasteiger partial charge is 0.203 e. The van der Waals surface area contributed by atoms with Crippen molar-refractivity contribution in [2.24, 2.45) is 12.0 Å². The van der Waals surface area contributed by atoms with Crippen molar-refractivity contribution in [1.82, 2.24) is 20.0 Å². The van der Waals surface area contributed by atoms with Crippen LogP contribution in [-0.2, 0) is 18.2 Å². The lowest BCUT2D eigenvalue weighted by molar-refractivity contribution is -0.00803. The van der Waals surface area contributed by atoms with Gasteiger partial charge in [-0.25, -0.2) is 0 Å². The number of nitrogens with zero attached hydrogens (tertiary/aromatic N) is 4. The molecule has 0 bridgehead atoms. The van der Waals surface area contributed by atoms with Crippen molar-refractivity contribution in [2.45, 2.75) is 19.4 Å². The van der Waals surface area contributed by atoms with Crippen LogP contribution in [0.1, 0.15) is 24.2 Å². The number of guanidine groups is 1. The van der Waals surface area contributed by atoms with E-state index in [-0.39, 0.29) is 6.10 Å². The van der Waals surface area contributed by atoms with Crippen LogP contribution in [0.15, 0.2) is 29.5 Å². The molecule has 0 aliphatic carbocycles. The molecule has 1 fully saturated rings. The SMILES string of the molecule is CCNC(=NCCc1ccc(OC)c(OC)c1OC)N1CCOC(c2cnn(C)c2)C1. The highest BCUT2D eigenvalue weighted by Gasteiger charge is 2.25. The van der Waals surface area contributed by atoms with E-state index in [1.165, 1.54) is 0 Å². The summed E-state index contributed by atoms with van der Waals surface area (Å²) in [6.45, 7) is 5.66. The second-order valence-corrected chi connectivity index (χ2v) is 7.23. The number of hydrogen-bond acceptors (Lipinski definition) is 6. The predicted octanol–water partition coefficient (Wildman–Crippen LogP) is 2.03. The summed E-state index contributed by atoms with van der Waals surface area (Å²) in [6, 6.07) is 3.89. The zero-order chi connectivity index (χ0) is 22.2. The first-order valence-electron chi connectivity index (χ1n) is 10.5. The van der Waals surface area contributed by atoms with E-state index in [9.17, 15) is 0 Å². The van der Waals surface area contributed by atoms with Gasteiger partial charge in [-0.1, -0.05) is 6.07 Å². The molecule has 2 aromatic rings. The Morgan fingerprint density at radius 1 is 1.23 bits per heavy atom. The van der Waals surface area contributed by atoms with Gasteiger partial charge in [-0.2, -0.15) is 5.10 Å². The number of rotatable bonds is 8.